The zero-order valence-electron chi connectivity index (χ0n) is 14.0. The molecule has 0 saturated heterocycles. The Labute approximate surface area is 137 Å². The molecule has 1 atom stereocenters. The molecule has 23 heavy (non-hydrogen) atoms. The van der Waals surface area contributed by atoms with Gasteiger partial charge in [0.1, 0.15) is 0 Å². The van der Waals surface area contributed by atoms with Crippen LogP contribution in [-0.4, -0.2) is 28.8 Å². The van der Waals surface area contributed by atoms with Gasteiger partial charge in [0.05, 0.1) is 12.2 Å². The summed E-state index contributed by atoms with van der Waals surface area (Å²) >= 11 is 0. The summed E-state index contributed by atoms with van der Waals surface area (Å²) in [6, 6.07) is -0.0444. The number of anilines is 1. The molecule has 0 saturated carbocycles. The first-order chi connectivity index (χ1) is 11.2. The summed E-state index contributed by atoms with van der Waals surface area (Å²) in [6.45, 7) is 4.00. The number of hydrogen-bond donors (Lipinski definition) is 3. The molecule has 3 rings (SSSR count). The molecule has 1 aliphatic heterocycles. The third kappa shape index (κ3) is 4.48. The molecule has 2 amide bonds. The van der Waals surface area contributed by atoms with E-state index in [2.05, 4.69) is 45.3 Å². The van der Waals surface area contributed by atoms with Gasteiger partial charge in [0.2, 0.25) is 0 Å². The fourth-order valence-electron chi connectivity index (χ4n) is 2.47. The van der Waals surface area contributed by atoms with Gasteiger partial charge in [-0.05, 0) is 30.9 Å². The van der Waals surface area contributed by atoms with Crippen molar-refractivity contribution < 1.29 is 4.79 Å². The zero-order valence-corrected chi connectivity index (χ0v) is 14.0. The van der Waals surface area contributed by atoms with Crippen LogP contribution in [0.1, 0.15) is 38.9 Å². The molecule has 0 spiro atoms. The first kappa shape index (κ1) is 16.9. The highest BCUT2D eigenvalue weighted by Crippen LogP contribution is 2.20. The van der Waals surface area contributed by atoms with Crippen molar-refractivity contribution in [2.24, 2.45) is 0 Å². The number of fused-ring (bicyclic) bond motifs is 1. The number of aromatic nitrogens is 2. The molecule has 1 aliphatic carbocycles. The van der Waals surface area contributed by atoms with E-state index in [0.717, 1.165) is 25.1 Å². The number of carbonyl (C=O) groups excluding carboxylic acids is 1. The number of nitrogens with zero attached hydrogens (tertiary/aromatic N) is 2. The van der Waals surface area contributed by atoms with E-state index in [1.54, 1.807) is 13.2 Å². The molecule has 124 valence electrons. The summed E-state index contributed by atoms with van der Waals surface area (Å²) in [5, 5.41) is 5.17. The van der Waals surface area contributed by atoms with Crippen LogP contribution in [0, 0.1) is 0 Å². The predicted octanol–water partition coefficient (Wildman–Crippen LogP) is 3.27. The van der Waals surface area contributed by atoms with E-state index in [9.17, 15) is 4.79 Å². The smallest absolute Gasteiger partial charge is 0.320 e. The Hall–Kier alpha value is -2.50. The first-order valence-corrected chi connectivity index (χ1v) is 8.13. The Kier molecular flexibility index (Phi) is 6.02. The van der Waals surface area contributed by atoms with Gasteiger partial charge in [0.15, 0.2) is 11.6 Å². The van der Waals surface area contributed by atoms with Gasteiger partial charge in [-0.2, -0.15) is 0 Å². The Balaban J connectivity index is 0.000000924. The SMILES string of the molecule is CC.CNC(=O)Nc1cn2c(n1)C=CC(CC1=CCCC=C1)N2. The van der Waals surface area contributed by atoms with E-state index in [0.29, 0.717) is 5.82 Å². The van der Waals surface area contributed by atoms with Gasteiger partial charge in [0, 0.05) is 7.05 Å². The Morgan fingerprint density at radius 1 is 1.39 bits per heavy atom. The zero-order chi connectivity index (χ0) is 16.7. The lowest BCUT2D eigenvalue weighted by Gasteiger charge is -2.22. The molecule has 2 aliphatic rings. The summed E-state index contributed by atoms with van der Waals surface area (Å²) in [6.07, 6.45) is 15.8. The maximum atomic E-state index is 11.3. The van der Waals surface area contributed by atoms with E-state index < -0.39 is 0 Å². The van der Waals surface area contributed by atoms with Crippen LogP contribution < -0.4 is 16.1 Å². The van der Waals surface area contributed by atoms with E-state index in [1.165, 1.54) is 5.57 Å². The number of rotatable bonds is 3. The standard InChI is InChI=1S/C15H19N5O.C2H6/c1-16-15(21)18-13-10-20-14(17-13)8-7-12(19-20)9-11-5-3-2-4-6-11;1-2/h3,5-8,10,12,19H,2,4,9H2,1H3,(H2,16,18,21);1-2H3. The summed E-state index contributed by atoms with van der Waals surface area (Å²) < 4.78 is 1.85. The monoisotopic (exact) mass is 315 g/mol. The molecule has 1 unspecified atom stereocenters. The second-order valence-electron chi connectivity index (χ2n) is 5.12. The van der Waals surface area contributed by atoms with Crippen molar-refractivity contribution in [2.75, 3.05) is 17.8 Å². The van der Waals surface area contributed by atoms with Crippen molar-refractivity contribution in [3.8, 4) is 0 Å². The molecule has 2 heterocycles. The third-order valence-electron chi connectivity index (χ3n) is 3.51. The lowest BCUT2D eigenvalue weighted by Crippen LogP contribution is -2.29. The highest BCUT2D eigenvalue weighted by Gasteiger charge is 2.16. The molecular formula is C17H25N5O. The van der Waals surface area contributed by atoms with E-state index in [1.807, 2.05) is 24.6 Å². The van der Waals surface area contributed by atoms with Gasteiger partial charge >= 0.3 is 6.03 Å². The maximum Gasteiger partial charge on any atom is 0.320 e. The second-order valence-corrected chi connectivity index (χ2v) is 5.12. The van der Waals surface area contributed by atoms with Crippen LogP contribution in [0.15, 0.2) is 36.1 Å². The Morgan fingerprint density at radius 2 is 2.22 bits per heavy atom. The van der Waals surface area contributed by atoms with Gasteiger partial charge in [-0.25, -0.2) is 14.5 Å². The first-order valence-electron chi connectivity index (χ1n) is 8.13. The average Bonchev–Trinajstić information content (AvgIpc) is 2.99. The van der Waals surface area contributed by atoms with Crippen LogP contribution in [0.4, 0.5) is 10.6 Å². The van der Waals surface area contributed by atoms with Crippen LogP contribution >= 0.6 is 0 Å². The molecule has 6 nitrogen and oxygen atoms in total. The number of imidazole rings is 1. The van der Waals surface area contributed by atoms with Crippen LogP contribution in [0.3, 0.4) is 0 Å². The molecule has 0 bridgehead atoms. The van der Waals surface area contributed by atoms with Crippen molar-refractivity contribution in [3.05, 3.63) is 41.9 Å². The summed E-state index contributed by atoms with van der Waals surface area (Å²) in [5.41, 5.74) is 4.73. The third-order valence-corrected chi connectivity index (χ3v) is 3.51. The van der Waals surface area contributed by atoms with Crippen molar-refractivity contribution in [1.29, 1.82) is 0 Å². The van der Waals surface area contributed by atoms with Gasteiger partial charge in [-0.1, -0.05) is 38.2 Å². The molecule has 3 N–H and O–H groups in total. The fourth-order valence-corrected chi connectivity index (χ4v) is 2.47. The van der Waals surface area contributed by atoms with Crippen LogP contribution in [-0.2, 0) is 0 Å². The van der Waals surface area contributed by atoms with Crippen LogP contribution in [0.25, 0.3) is 6.08 Å². The molecule has 0 aromatic carbocycles. The van der Waals surface area contributed by atoms with Crippen LogP contribution in [0.5, 0.6) is 0 Å². The van der Waals surface area contributed by atoms with Gasteiger partial charge in [0.25, 0.3) is 0 Å². The molecule has 1 aromatic heterocycles. The average molecular weight is 315 g/mol. The quantitative estimate of drug-likeness (QED) is 0.801. The molecule has 6 heteroatoms. The lowest BCUT2D eigenvalue weighted by atomic mass is 10.00. The minimum Gasteiger partial charge on any atom is -0.341 e. The highest BCUT2D eigenvalue weighted by molar-refractivity contribution is 5.88. The summed E-state index contributed by atoms with van der Waals surface area (Å²) in [5.74, 6) is 1.31. The van der Waals surface area contributed by atoms with E-state index in [4.69, 9.17) is 0 Å². The number of amides is 2. The Morgan fingerprint density at radius 3 is 2.91 bits per heavy atom. The molecule has 0 radical (unpaired) electrons. The van der Waals surface area contributed by atoms with Crippen LogP contribution in [0.2, 0.25) is 0 Å². The summed E-state index contributed by atoms with van der Waals surface area (Å²) in [4.78, 5) is 15.6. The fraction of sp³-hybridized carbons (Fsp3) is 0.412. The Bertz CT molecular complexity index is 627. The lowest BCUT2D eigenvalue weighted by molar-refractivity contribution is 0.254. The predicted molar refractivity (Wildman–Crippen MR) is 94.9 cm³/mol. The second kappa shape index (κ2) is 8.22. The van der Waals surface area contributed by atoms with Crippen molar-refractivity contribution >= 4 is 17.9 Å². The maximum absolute atomic E-state index is 11.3. The van der Waals surface area contributed by atoms with Crippen molar-refractivity contribution in [1.82, 2.24) is 15.0 Å². The minimum absolute atomic E-state index is 0.230. The highest BCUT2D eigenvalue weighted by atomic mass is 16.2. The normalized spacial score (nSPS) is 18.0. The van der Waals surface area contributed by atoms with Gasteiger partial charge in [-0.15, -0.1) is 0 Å². The number of carbonyl (C=O) groups is 1. The minimum atomic E-state index is -0.275. The number of urea groups is 1. The largest absolute Gasteiger partial charge is 0.341 e. The summed E-state index contributed by atoms with van der Waals surface area (Å²) in [7, 11) is 1.57. The van der Waals surface area contributed by atoms with Gasteiger partial charge in [-0.3, -0.25) is 5.32 Å². The molecular weight excluding hydrogens is 290 g/mol. The van der Waals surface area contributed by atoms with E-state index in [-0.39, 0.29) is 12.1 Å². The molecule has 0 fully saturated rings. The van der Waals surface area contributed by atoms with Crippen molar-refractivity contribution in [2.45, 2.75) is 39.2 Å². The van der Waals surface area contributed by atoms with Crippen molar-refractivity contribution in [3.63, 3.8) is 0 Å². The number of allylic oxidation sites excluding steroid dienone is 3. The number of nitrogens with one attached hydrogen (secondary N) is 3. The topological polar surface area (TPSA) is 71.0 Å². The number of hydrogen-bond acceptors (Lipinski definition) is 3. The van der Waals surface area contributed by atoms with Gasteiger partial charge < -0.3 is 10.7 Å². The van der Waals surface area contributed by atoms with E-state index >= 15 is 0 Å². The molecule has 1 aromatic rings.